The van der Waals surface area contributed by atoms with E-state index in [4.69, 9.17) is 9.15 Å². The lowest BCUT2D eigenvalue weighted by molar-refractivity contribution is 0.0367. The molecule has 114 valence electrons. The van der Waals surface area contributed by atoms with Gasteiger partial charge >= 0.3 is 6.08 Å². The lowest BCUT2D eigenvalue weighted by Crippen LogP contribution is -2.48. The molecule has 0 atom stereocenters. The van der Waals surface area contributed by atoms with Gasteiger partial charge in [-0.25, -0.2) is 4.39 Å². The molecule has 0 spiro atoms. The molecule has 2 heterocycles. The highest BCUT2D eigenvalue weighted by atomic mass is 19.1. The Kier molecular flexibility index (Phi) is 3.61. The quantitative estimate of drug-likeness (QED) is 0.847. The minimum absolute atomic E-state index is 0.113. The van der Waals surface area contributed by atoms with Gasteiger partial charge in [-0.3, -0.25) is 4.90 Å². The Labute approximate surface area is 123 Å². The first-order valence-electron chi connectivity index (χ1n) is 7.39. The third-order valence-corrected chi connectivity index (χ3v) is 3.99. The number of oxazole rings is 1. The highest BCUT2D eigenvalue weighted by Gasteiger charge is 2.28. The predicted molar refractivity (Wildman–Crippen MR) is 78.9 cm³/mol. The lowest BCUT2D eigenvalue weighted by Gasteiger charge is -2.40. The van der Waals surface area contributed by atoms with Crippen LogP contribution in [0.3, 0.4) is 0 Å². The second-order valence-electron chi connectivity index (χ2n) is 6.57. The van der Waals surface area contributed by atoms with Crippen LogP contribution in [0.1, 0.15) is 33.6 Å². The van der Waals surface area contributed by atoms with Crippen LogP contribution >= 0.6 is 0 Å². The molecule has 0 aliphatic carbocycles. The summed E-state index contributed by atoms with van der Waals surface area (Å²) in [6.45, 7) is 8.68. The highest BCUT2D eigenvalue weighted by Crippen LogP contribution is 2.26. The number of likely N-dealkylation sites (tertiary alicyclic amines) is 1. The van der Waals surface area contributed by atoms with E-state index in [1.807, 2.05) is 0 Å². The first-order chi connectivity index (χ1) is 9.91. The van der Waals surface area contributed by atoms with Crippen molar-refractivity contribution in [2.75, 3.05) is 13.1 Å². The van der Waals surface area contributed by atoms with E-state index in [9.17, 15) is 4.39 Å². The number of benzene rings is 1. The van der Waals surface area contributed by atoms with E-state index in [2.05, 4.69) is 30.7 Å². The van der Waals surface area contributed by atoms with E-state index < -0.39 is 0 Å². The number of rotatable bonds is 2. The van der Waals surface area contributed by atoms with Gasteiger partial charge in [-0.05, 0) is 45.7 Å². The average molecular weight is 292 g/mol. The van der Waals surface area contributed by atoms with Gasteiger partial charge in [0, 0.05) is 24.7 Å². The summed E-state index contributed by atoms with van der Waals surface area (Å²) in [7, 11) is 0. The highest BCUT2D eigenvalue weighted by molar-refractivity contribution is 5.72. The predicted octanol–water partition coefficient (Wildman–Crippen LogP) is 3.61. The Balaban J connectivity index is 1.64. The molecule has 0 saturated carbocycles. The van der Waals surface area contributed by atoms with Crippen molar-refractivity contribution in [2.24, 2.45) is 0 Å². The van der Waals surface area contributed by atoms with Crippen molar-refractivity contribution in [1.29, 1.82) is 0 Å². The van der Waals surface area contributed by atoms with Crippen LogP contribution < -0.4 is 4.74 Å². The van der Waals surface area contributed by atoms with E-state index >= 15 is 0 Å². The molecule has 5 heteroatoms. The summed E-state index contributed by atoms with van der Waals surface area (Å²) in [6, 6.07) is 4.29. The zero-order valence-electron chi connectivity index (χ0n) is 12.7. The molecule has 2 aromatic rings. The Morgan fingerprint density at radius 2 is 2.00 bits per heavy atom. The Morgan fingerprint density at radius 3 is 2.67 bits per heavy atom. The van der Waals surface area contributed by atoms with Gasteiger partial charge in [0.1, 0.15) is 17.4 Å². The largest absolute Gasteiger partial charge is 0.447 e. The fourth-order valence-electron chi connectivity index (χ4n) is 2.72. The van der Waals surface area contributed by atoms with Gasteiger partial charge in [-0.15, -0.1) is 0 Å². The van der Waals surface area contributed by atoms with Crippen molar-refractivity contribution in [3.8, 4) is 6.08 Å². The average Bonchev–Trinajstić information content (AvgIpc) is 2.79. The van der Waals surface area contributed by atoms with E-state index in [0.717, 1.165) is 25.9 Å². The molecule has 1 aromatic heterocycles. The zero-order chi connectivity index (χ0) is 15.0. The van der Waals surface area contributed by atoms with Crippen LogP contribution in [0.4, 0.5) is 4.39 Å². The first kappa shape index (κ1) is 14.3. The summed E-state index contributed by atoms with van der Waals surface area (Å²) < 4.78 is 24.5. The number of halogens is 1. The minimum atomic E-state index is -0.319. The monoisotopic (exact) mass is 292 g/mol. The number of fused-ring (bicyclic) bond motifs is 1. The van der Waals surface area contributed by atoms with Crippen molar-refractivity contribution in [3.05, 3.63) is 24.0 Å². The summed E-state index contributed by atoms with van der Waals surface area (Å²) in [5, 5.41) is 0. The van der Waals surface area contributed by atoms with Gasteiger partial charge in [-0.1, -0.05) is 0 Å². The van der Waals surface area contributed by atoms with Crippen LogP contribution in [-0.4, -0.2) is 34.6 Å². The van der Waals surface area contributed by atoms with Crippen LogP contribution in [0.2, 0.25) is 0 Å². The smallest absolute Gasteiger partial charge is 0.394 e. The second-order valence-corrected chi connectivity index (χ2v) is 6.57. The molecule has 1 aromatic carbocycles. The van der Waals surface area contributed by atoms with Crippen molar-refractivity contribution in [3.63, 3.8) is 0 Å². The normalized spacial score (nSPS) is 18.3. The fourth-order valence-corrected chi connectivity index (χ4v) is 2.72. The van der Waals surface area contributed by atoms with Crippen molar-refractivity contribution >= 4 is 11.1 Å². The van der Waals surface area contributed by atoms with E-state index in [-0.39, 0.29) is 23.5 Å². The number of hydrogen-bond donors (Lipinski definition) is 0. The number of ether oxygens (including phenoxy) is 1. The minimum Gasteiger partial charge on any atom is -0.447 e. The van der Waals surface area contributed by atoms with Gasteiger partial charge in [-0.2, -0.15) is 4.98 Å². The molecular weight excluding hydrogens is 271 g/mol. The van der Waals surface area contributed by atoms with Crippen molar-refractivity contribution in [1.82, 2.24) is 9.88 Å². The van der Waals surface area contributed by atoms with Crippen LogP contribution in [-0.2, 0) is 0 Å². The van der Waals surface area contributed by atoms with Gasteiger partial charge in [0.2, 0.25) is 0 Å². The SMILES string of the molecule is CC(C)(C)N1CCC(Oc2nc3cc(F)ccc3o2)CC1. The second kappa shape index (κ2) is 5.30. The third kappa shape index (κ3) is 3.18. The number of hydrogen-bond acceptors (Lipinski definition) is 4. The summed E-state index contributed by atoms with van der Waals surface area (Å²) >= 11 is 0. The molecule has 0 N–H and O–H groups in total. The summed E-state index contributed by atoms with van der Waals surface area (Å²) in [5.41, 5.74) is 1.25. The third-order valence-electron chi connectivity index (χ3n) is 3.99. The molecule has 1 aliphatic rings. The van der Waals surface area contributed by atoms with E-state index in [0.29, 0.717) is 11.1 Å². The van der Waals surface area contributed by atoms with Gasteiger partial charge in [0.15, 0.2) is 5.58 Å². The number of nitrogens with zero attached hydrogens (tertiary/aromatic N) is 2. The van der Waals surface area contributed by atoms with E-state index in [1.54, 1.807) is 6.07 Å². The number of aromatic nitrogens is 1. The molecule has 3 rings (SSSR count). The molecule has 1 aliphatic heterocycles. The van der Waals surface area contributed by atoms with Gasteiger partial charge in [0.25, 0.3) is 0 Å². The fraction of sp³-hybridized carbons (Fsp3) is 0.562. The maximum Gasteiger partial charge on any atom is 0.394 e. The first-order valence-corrected chi connectivity index (χ1v) is 7.39. The van der Waals surface area contributed by atoms with E-state index in [1.165, 1.54) is 12.1 Å². The van der Waals surface area contributed by atoms with Crippen LogP contribution in [0.15, 0.2) is 22.6 Å². The molecule has 0 unspecified atom stereocenters. The maximum absolute atomic E-state index is 13.1. The number of piperidine rings is 1. The molecular formula is C16H21FN2O2. The Morgan fingerprint density at radius 1 is 1.29 bits per heavy atom. The Hall–Kier alpha value is -1.62. The van der Waals surface area contributed by atoms with Gasteiger partial charge in [0.05, 0.1) is 0 Å². The standard InChI is InChI=1S/C16H21FN2O2/c1-16(2,3)19-8-6-12(7-9-19)20-15-18-13-10-11(17)4-5-14(13)21-15/h4-5,10,12H,6-9H2,1-3H3. The molecule has 21 heavy (non-hydrogen) atoms. The van der Waals surface area contributed by atoms with Crippen LogP contribution in [0.5, 0.6) is 6.08 Å². The molecule has 1 saturated heterocycles. The van der Waals surface area contributed by atoms with Crippen molar-refractivity contribution in [2.45, 2.75) is 45.3 Å². The maximum atomic E-state index is 13.1. The molecule has 0 bridgehead atoms. The zero-order valence-corrected chi connectivity index (χ0v) is 12.7. The summed E-state index contributed by atoms with van der Waals surface area (Å²) in [4.78, 5) is 6.65. The summed E-state index contributed by atoms with van der Waals surface area (Å²) in [6.07, 6.45) is 2.25. The lowest BCUT2D eigenvalue weighted by atomic mass is 9.99. The van der Waals surface area contributed by atoms with Crippen LogP contribution in [0.25, 0.3) is 11.1 Å². The molecule has 1 fully saturated rings. The van der Waals surface area contributed by atoms with Gasteiger partial charge < -0.3 is 9.15 Å². The molecule has 0 radical (unpaired) electrons. The Bertz CT molecular complexity index is 625. The topological polar surface area (TPSA) is 38.5 Å². The molecule has 0 amide bonds. The summed E-state index contributed by atoms with van der Waals surface area (Å²) in [5.74, 6) is -0.319. The van der Waals surface area contributed by atoms with Crippen molar-refractivity contribution < 1.29 is 13.5 Å². The molecule has 4 nitrogen and oxygen atoms in total. The van der Waals surface area contributed by atoms with Crippen LogP contribution in [0, 0.1) is 5.82 Å².